The Labute approximate surface area is 254 Å². The second-order valence-corrected chi connectivity index (χ2v) is 11.3. The topological polar surface area (TPSA) is 84.2 Å². The SMILES string of the molecule is [2H]C([2H])([2H])C1(C([2H])([2H])[2H])C[C@H]2[C@H]3C(=O)C=C4[C@@]5(C([2H])([2H])[2H])C=C(C#N)C(=O)C(C([2H])([2H])[2H])(C([2H])([2H])[2H])[C@@H]5CC[C@@]4(C([2H])([2H])[2H])[C@]3(C([2H])([2H])[2H])CC[C@@]2(C(=O)OC)C([2H])([2H])C1. The van der Waals surface area contributed by atoms with Crippen LogP contribution in [0.25, 0.3) is 0 Å². The van der Waals surface area contributed by atoms with Gasteiger partial charge in [-0.15, -0.1) is 0 Å². The number of carbonyl (C=O) groups excluding carboxylic acids is 3. The normalized spacial score (nSPS) is 58.6. The first kappa shape index (κ1) is 10.4. The van der Waals surface area contributed by atoms with Gasteiger partial charge in [0, 0.05) is 48.3 Å². The number of fused-ring (bicyclic) bond motifs is 7. The molecule has 0 amide bonds. The molecule has 5 heteroatoms. The highest BCUT2D eigenvalue weighted by Crippen LogP contribution is 2.74. The largest absolute Gasteiger partial charge is 0.469 e. The summed E-state index contributed by atoms with van der Waals surface area (Å²) in [5.41, 5.74) is -22.0. The highest BCUT2D eigenvalue weighted by atomic mass is 16.5. The number of methoxy groups -OCH3 is 1. The van der Waals surface area contributed by atoms with E-state index in [2.05, 4.69) is 0 Å². The molecule has 3 saturated carbocycles. The average Bonchev–Trinajstić information content (AvgIpc) is 3.02. The summed E-state index contributed by atoms with van der Waals surface area (Å²) in [4.78, 5) is 43.6. The molecule has 5 aliphatic rings. The van der Waals surface area contributed by atoms with Crippen LogP contribution in [0.2, 0.25) is 0 Å². The number of hydrogen-bond donors (Lipinski definition) is 0. The molecule has 5 rings (SSSR count). The second-order valence-electron chi connectivity index (χ2n) is 11.3. The minimum absolute atomic E-state index is 0.356. The van der Waals surface area contributed by atoms with E-state index in [1.54, 1.807) is 0 Å². The number of esters is 1. The molecule has 0 aromatic rings. The maximum atomic E-state index is 15.3. The molecule has 0 aromatic heterocycles. The molecule has 3 fully saturated rings. The monoisotopic (exact) mass is 528 g/mol. The molecule has 5 aliphatic carbocycles. The van der Waals surface area contributed by atoms with Crippen LogP contribution in [-0.2, 0) is 19.1 Å². The van der Waals surface area contributed by atoms with Crippen molar-refractivity contribution < 1.29 is 50.6 Å². The Morgan fingerprint density at radius 1 is 1.11 bits per heavy atom. The maximum Gasteiger partial charge on any atom is 0.312 e. The molecule has 200 valence electrons. The van der Waals surface area contributed by atoms with Gasteiger partial charge in [0.2, 0.25) is 0 Å². The zero-order valence-corrected chi connectivity index (χ0v) is 20.2. The first-order valence-electron chi connectivity index (χ1n) is 23.6. The Balaban J connectivity index is 2.09. The summed E-state index contributed by atoms with van der Waals surface area (Å²) in [7, 11) is 0.808. The fourth-order valence-electron chi connectivity index (χ4n) is 7.74. The van der Waals surface area contributed by atoms with Gasteiger partial charge in [-0.25, -0.2) is 0 Å². The van der Waals surface area contributed by atoms with E-state index in [0.717, 1.165) is 7.11 Å². The molecule has 0 heterocycles. The fourth-order valence-corrected chi connectivity index (χ4v) is 7.74. The number of Topliss-reactive ketones (excluding diaryl/α,β-unsaturated/α-hetero) is 1. The van der Waals surface area contributed by atoms with Crippen LogP contribution in [0.4, 0.5) is 0 Å². The van der Waals surface area contributed by atoms with Crippen molar-refractivity contribution in [2.75, 3.05) is 7.11 Å². The van der Waals surface area contributed by atoms with Crippen molar-refractivity contribution in [3.05, 3.63) is 23.3 Å². The summed E-state index contributed by atoms with van der Waals surface area (Å²) in [6.07, 6.45) is -9.65. The molecule has 0 bridgehead atoms. The summed E-state index contributed by atoms with van der Waals surface area (Å²) in [6, 6.07) is 1.34. The number of hydrogen-bond acceptors (Lipinski definition) is 5. The van der Waals surface area contributed by atoms with Gasteiger partial charge in [-0.1, -0.05) is 59.6 Å². The van der Waals surface area contributed by atoms with Gasteiger partial charge in [-0.05, 0) is 79.1 Å². The van der Waals surface area contributed by atoms with Gasteiger partial charge in [0.15, 0.2) is 11.6 Å². The summed E-state index contributed by atoms with van der Waals surface area (Å²) in [5, 5.41) is 10.2. The van der Waals surface area contributed by atoms with Gasteiger partial charge >= 0.3 is 5.97 Å². The van der Waals surface area contributed by atoms with E-state index in [9.17, 15) is 25.8 Å². The number of allylic oxidation sites excluding steroid dienone is 4. The second kappa shape index (κ2) is 7.67. The summed E-state index contributed by atoms with van der Waals surface area (Å²) in [5.74, 6) is -12.1. The van der Waals surface area contributed by atoms with Gasteiger partial charge < -0.3 is 4.74 Å². The molecule has 5 nitrogen and oxygen atoms in total. The third kappa shape index (κ3) is 3.11. The lowest BCUT2D eigenvalue weighted by molar-refractivity contribution is -0.191. The molecule has 0 aliphatic heterocycles. The molecule has 0 N–H and O–H groups in total. The van der Waals surface area contributed by atoms with E-state index in [0.29, 0.717) is 12.2 Å². The standard InChI is InChI=1S/C32H43NO4/c1-27(2)11-13-32(26(36)37-8)14-12-31(7)24(20(32)17-27)21(34)15-23-29(5)16-19(18-33)25(35)28(3,4)22(29)9-10-30(23,31)6/h15-16,20,22,24H,9-14,17H2,1-8H3/t20-,22-,24-,29-,30+,31+,32-/m0/s1/i1D3,2D3,3D3,4D3,5D3,6D3,7D3,13D2. The minimum atomic E-state index is -3.97. The molecule has 0 saturated heterocycles. The number of nitriles is 1. The Bertz CT molecular complexity index is 1940. The van der Waals surface area contributed by atoms with Crippen molar-refractivity contribution in [3.63, 3.8) is 0 Å². The summed E-state index contributed by atoms with van der Waals surface area (Å²) >= 11 is 0. The predicted molar refractivity (Wildman–Crippen MR) is 141 cm³/mol. The van der Waals surface area contributed by atoms with Crippen LogP contribution in [0, 0.1) is 61.6 Å². The molecule has 37 heavy (non-hydrogen) atoms. The van der Waals surface area contributed by atoms with Gasteiger partial charge in [-0.3, -0.25) is 14.4 Å². The van der Waals surface area contributed by atoms with Crippen molar-refractivity contribution >= 4 is 17.5 Å². The number of rotatable bonds is 1. The number of ether oxygens (including phenoxy) is 1. The number of nitrogens with zero attached hydrogens (tertiary/aromatic N) is 1. The fraction of sp³-hybridized carbons (Fsp3) is 0.750. The molecular weight excluding hydrogens is 462 g/mol. The first-order valence-corrected chi connectivity index (χ1v) is 12.1. The lowest BCUT2D eigenvalue weighted by Gasteiger charge is -2.68. The van der Waals surface area contributed by atoms with Crippen LogP contribution in [0.15, 0.2) is 23.3 Å². The molecule has 7 atom stereocenters. The molecule has 0 spiro atoms. The zero-order valence-electron chi connectivity index (χ0n) is 43.2. The number of ketones is 2. The van der Waals surface area contributed by atoms with Gasteiger partial charge in [-0.2, -0.15) is 5.26 Å². The quantitative estimate of drug-likeness (QED) is 0.369. The maximum absolute atomic E-state index is 15.3. The summed E-state index contributed by atoms with van der Waals surface area (Å²) in [6.45, 7) is -26.7. The zero-order chi connectivity index (χ0) is 46.7. The molecular formula is C32H43NO4. The molecule has 0 aromatic carbocycles. The van der Waals surface area contributed by atoms with Crippen molar-refractivity contribution in [1.29, 1.82) is 5.26 Å². The molecule has 0 unspecified atom stereocenters. The van der Waals surface area contributed by atoms with Crippen molar-refractivity contribution in [1.82, 2.24) is 0 Å². The van der Waals surface area contributed by atoms with Gasteiger partial charge in [0.25, 0.3) is 0 Å². The van der Waals surface area contributed by atoms with E-state index >= 15 is 4.79 Å². The highest BCUT2D eigenvalue weighted by molar-refractivity contribution is 6.04. The third-order valence-corrected chi connectivity index (χ3v) is 9.54. The lowest BCUT2D eigenvalue weighted by Crippen LogP contribution is -2.65. The summed E-state index contributed by atoms with van der Waals surface area (Å²) < 4.78 is 207. The van der Waals surface area contributed by atoms with Crippen LogP contribution in [0.1, 0.15) is 124 Å². The number of carbonyl (C=O) groups is 3. The highest BCUT2D eigenvalue weighted by Gasteiger charge is 2.71. The van der Waals surface area contributed by atoms with E-state index in [1.165, 1.54) is 6.07 Å². The predicted octanol–water partition coefficient (Wildman–Crippen LogP) is 6.38. The van der Waals surface area contributed by atoms with Gasteiger partial charge in [0.05, 0.1) is 18.1 Å². The average molecular weight is 529 g/mol. The minimum Gasteiger partial charge on any atom is -0.469 e. The van der Waals surface area contributed by atoms with E-state index < -0.39 is 172 Å². The smallest absolute Gasteiger partial charge is 0.312 e. The van der Waals surface area contributed by atoms with Crippen LogP contribution >= 0.6 is 0 Å². The third-order valence-electron chi connectivity index (χ3n) is 9.54. The Hall–Kier alpha value is -2.22. The molecule has 0 radical (unpaired) electrons. The van der Waals surface area contributed by atoms with E-state index in [-0.39, 0.29) is 0 Å². The van der Waals surface area contributed by atoms with Gasteiger partial charge in [0.1, 0.15) is 6.07 Å². The Morgan fingerprint density at radius 3 is 2.54 bits per heavy atom. The van der Waals surface area contributed by atoms with Crippen molar-refractivity contribution in [2.45, 2.75) is 92.9 Å². The van der Waals surface area contributed by atoms with Crippen molar-refractivity contribution in [2.24, 2.45) is 50.2 Å². The van der Waals surface area contributed by atoms with Crippen LogP contribution < -0.4 is 0 Å². The first-order chi connectivity index (χ1) is 26.5. The van der Waals surface area contributed by atoms with Crippen molar-refractivity contribution in [3.8, 4) is 6.07 Å². The van der Waals surface area contributed by atoms with Crippen LogP contribution in [-0.4, -0.2) is 24.6 Å². The lowest BCUT2D eigenvalue weighted by atomic mass is 9.34. The van der Waals surface area contributed by atoms with E-state index in [1.807, 2.05) is 0 Å². The Kier molecular flexibility index (Phi) is 2.16. The van der Waals surface area contributed by atoms with Crippen LogP contribution in [0.5, 0.6) is 0 Å². The van der Waals surface area contributed by atoms with E-state index in [4.69, 9.17) is 25.3 Å². The Morgan fingerprint density at radius 2 is 1.92 bits per heavy atom. The van der Waals surface area contributed by atoms with Crippen LogP contribution in [0.3, 0.4) is 0 Å².